The van der Waals surface area contributed by atoms with Crippen molar-refractivity contribution in [3.8, 4) is 0 Å². The third-order valence-corrected chi connectivity index (χ3v) is 5.13. The number of carbonyl (C=O) groups is 1. The summed E-state index contributed by atoms with van der Waals surface area (Å²) in [6, 6.07) is 12.1. The minimum absolute atomic E-state index is 0.00420. The van der Waals surface area contributed by atoms with Gasteiger partial charge in [-0.1, -0.05) is 40.2 Å². The van der Waals surface area contributed by atoms with Crippen LogP contribution in [0.3, 0.4) is 0 Å². The second-order valence-corrected chi connectivity index (χ2v) is 6.16. The third-order valence-electron chi connectivity index (χ3n) is 3.88. The lowest BCUT2D eigenvalue weighted by atomic mass is 9.77. The van der Waals surface area contributed by atoms with Crippen molar-refractivity contribution in [1.29, 1.82) is 0 Å². The van der Waals surface area contributed by atoms with Gasteiger partial charge in [0, 0.05) is 10.2 Å². The van der Waals surface area contributed by atoms with E-state index in [4.69, 9.17) is 0 Å². The first-order chi connectivity index (χ1) is 9.56. The van der Waals surface area contributed by atoms with Crippen LogP contribution in [0.1, 0.15) is 28.2 Å². The van der Waals surface area contributed by atoms with Gasteiger partial charge in [-0.3, -0.25) is 4.79 Å². The summed E-state index contributed by atoms with van der Waals surface area (Å²) >= 11 is 3.54. The van der Waals surface area contributed by atoms with E-state index in [9.17, 15) is 4.79 Å². The maximum Gasteiger partial charge on any atom is 0.232 e. The smallest absolute Gasteiger partial charge is 0.232 e. The predicted molar refractivity (Wildman–Crippen MR) is 85.1 cm³/mol. The molecule has 0 aliphatic heterocycles. The standard InChI is InChI=1S/C17H16BrNO/c1-10-7-13(8-11(2)16(10)18)19-17(20)15-9-12-5-3-4-6-14(12)15/h3-8,15H,9H2,1-2H3,(H,19,20). The van der Waals surface area contributed by atoms with Crippen LogP contribution in [0.5, 0.6) is 0 Å². The van der Waals surface area contributed by atoms with Crippen molar-refractivity contribution in [3.05, 3.63) is 63.1 Å². The minimum Gasteiger partial charge on any atom is -0.326 e. The van der Waals surface area contributed by atoms with Crippen molar-refractivity contribution in [1.82, 2.24) is 0 Å². The molecule has 2 aromatic carbocycles. The van der Waals surface area contributed by atoms with Gasteiger partial charge in [-0.2, -0.15) is 0 Å². The topological polar surface area (TPSA) is 29.1 Å². The molecular formula is C17H16BrNO. The Hall–Kier alpha value is -1.61. The van der Waals surface area contributed by atoms with Crippen LogP contribution in [0.2, 0.25) is 0 Å². The number of anilines is 1. The van der Waals surface area contributed by atoms with Crippen molar-refractivity contribution < 1.29 is 4.79 Å². The van der Waals surface area contributed by atoms with E-state index < -0.39 is 0 Å². The molecule has 3 rings (SSSR count). The molecule has 3 heteroatoms. The summed E-state index contributed by atoms with van der Waals surface area (Å²) < 4.78 is 1.10. The molecule has 2 nitrogen and oxygen atoms in total. The molecule has 0 saturated heterocycles. The molecule has 0 bridgehead atoms. The molecule has 2 aromatic rings. The van der Waals surface area contributed by atoms with Gasteiger partial charge in [0.05, 0.1) is 5.92 Å². The molecule has 0 aromatic heterocycles. The van der Waals surface area contributed by atoms with E-state index in [0.29, 0.717) is 0 Å². The maximum absolute atomic E-state index is 12.3. The quantitative estimate of drug-likeness (QED) is 0.872. The molecule has 102 valence electrons. The summed E-state index contributed by atoms with van der Waals surface area (Å²) in [4.78, 5) is 12.3. The monoisotopic (exact) mass is 329 g/mol. The van der Waals surface area contributed by atoms with Gasteiger partial charge in [-0.25, -0.2) is 0 Å². The van der Waals surface area contributed by atoms with E-state index >= 15 is 0 Å². The number of hydrogen-bond donors (Lipinski definition) is 1. The second kappa shape index (κ2) is 5.06. The normalized spacial score (nSPS) is 16.2. The molecule has 1 aliphatic rings. The van der Waals surface area contributed by atoms with Crippen molar-refractivity contribution >= 4 is 27.5 Å². The highest BCUT2D eigenvalue weighted by Gasteiger charge is 2.31. The molecule has 0 saturated carbocycles. The highest BCUT2D eigenvalue weighted by atomic mass is 79.9. The van der Waals surface area contributed by atoms with Gasteiger partial charge in [0.25, 0.3) is 0 Å². The fourth-order valence-corrected chi connectivity index (χ4v) is 2.97. The molecule has 1 N–H and O–H groups in total. The van der Waals surface area contributed by atoms with Crippen LogP contribution in [-0.4, -0.2) is 5.91 Å². The highest BCUT2D eigenvalue weighted by Crippen LogP contribution is 2.36. The van der Waals surface area contributed by atoms with Crippen molar-refractivity contribution in [3.63, 3.8) is 0 Å². The molecular weight excluding hydrogens is 314 g/mol. The number of carbonyl (C=O) groups excluding carboxylic acids is 1. The number of rotatable bonds is 2. The fraction of sp³-hybridized carbons (Fsp3) is 0.235. The number of halogens is 1. The molecule has 1 atom stereocenters. The Morgan fingerprint density at radius 1 is 1.20 bits per heavy atom. The number of aryl methyl sites for hydroxylation is 2. The summed E-state index contributed by atoms with van der Waals surface area (Å²) in [6.07, 6.45) is 0.844. The molecule has 1 unspecified atom stereocenters. The Kier molecular flexibility index (Phi) is 3.38. The van der Waals surface area contributed by atoms with Crippen molar-refractivity contribution in [2.75, 3.05) is 5.32 Å². The van der Waals surface area contributed by atoms with E-state index in [2.05, 4.69) is 27.3 Å². The summed E-state index contributed by atoms with van der Waals surface area (Å²) in [5.74, 6) is 0.0836. The lowest BCUT2D eigenvalue weighted by Gasteiger charge is -2.29. The molecule has 1 aliphatic carbocycles. The Bertz CT molecular complexity index is 670. The zero-order chi connectivity index (χ0) is 14.3. The van der Waals surface area contributed by atoms with Gasteiger partial charge in [0.1, 0.15) is 0 Å². The van der Waals surface area contributed by atoms with Crippen molar-refractivity contribution in [2.24, 2.45) is 0 Å². The first-order valence-electron chi connectivity index (χ1n) is 6.71. The molecule has 20 heavy (non-hydrogen) atoms. The summed E-state index contributed by atoms with van der Waals surface area (Å²) in [6.45, 7) is 4.07. The molecule has 1 amide bonds. The van der Waals surface area contributed by atoms with E-state index in [1.54, 1.807) is 0 Å². The number of fused-ring (bicyclic) bond motifs is 1. The Labute approximate surface area is 127 Å². The van der Waals surface area contributed by atoms with Gasteiger partial charge in [-0.15, -0.1) is 0 Å². The van der Waals surface area contributed by atoms with E-state index in [0.717, 1.165) is 33.3 Å². The van der Waals surface area contributed by atoms with Crippen LogP contribution in [0, 0.1) is 13.8 Å². The Morgan fingerprint density at radius 2 is 1.85 bits per heavy atom. The van der Waals surface area contributed by atoms with Crippen molar-refractivity contribution in [2.45, 2.75) is 26.2 Å². The van der Waals surface area contributed by atoms with Crippen LogP contribution < -0.4 is 5.32 Å². The zero-order valence-corrected chi connectivity index (χ0v) is 13.1. The maximum atomic E-state index is 12.3. The third kappa shape index (κ3) is 2.27. The lowest BCUT2D eigenvalue weighted by molar-refractivity contribution is -0.118. The first kappa shape index (κ1) is 13.4. The van der Waals surface area contributed by atoms with Gasteiger partial charge in [0.15, 0.2) is 0 Å². The molecule has 0 heterocycles. The van der Waals surface area contributed by atoms with Crippen LogP contribution in [0.25, 0.3) is 0 Å². The minimum atomic E-state index is -0.00420. The molecule has 0 radical (unpaired) electrons. The first-order valence-corrected chi connectivity index (χ1v) is 7.51. The molecule has 0 fully saturated rings. The fourth-order valence-electron chi connectivity index (χ4n) is 2.74. The zero-order valence-electron chi connectivity index (χ0n) is 11.5. The summed E-state index contributed by atoms with van der Waals surface area (Å²) in [5.41, 5.74) is 5.59. The second-order valence-electron chi connectivity index (χ2n) is 5.37. The molecule has 0 spiro atoms. The number of benzene rings is 2. The van der Waals surface area contributed by atoms with E-state index in [1.165, 1.54) is 5.56 Å². The van der Waals surface area contributed by atoms with Crippen LogP contribution in [0.15, 0.2) is 40.9 Å². The largest absolute Gasteiger partial charge is 0.326 e. The average Bonchev–Trinajstić information content (AvgIpc) is 2.37. The predicted octanol–water partition coefficient (Wildman–Crippen LogP) is 4.34. The van der Waals surface area contributed by atoms with E-state index in [-0.39, 0.29) is 11.8 Å². The Morgan fingerprint density at radius 3 is 2.50 bits per heavy atom. The summed E-state index contributed by atoms with van der Waals surface area (Å²) in [7, 11) is 0. The summed E-state index contributed by atoms with van der Waals surface area (Å²) in [5, 5.41) is 3.03. The number of nitrogens with one attached hydrogen (secondary N) is 1. The van der Waals surface area contributed by atoms with Crippen LogP contribution >= 0.6 is 15.9 Å². The van der Waals surface area contributed by atoms with Gasteiger partial charge < -0.3 is 5.32 Å². The van der Waals surface area contributed by atoms with Crippen LogP contribution in [-0.2, 0) is 11.2 Å². The van der Waals surface area contributed by atoms with E-state index in [1.807, 2.05) is 44.2 Å². The van der Waals surface area contributed by atoms with Gasteiger partial charge in [-0.05, 0) is 54.7 Å². The SMILES string of the molecule is Cc1cc(NC(=O)C2Cc3ccccc32)cc(C)c1Br. The van der Waals surface area contributed by atoms with Crippen LogP contribution in [0.4, 0.5) is 5.69 Å². The lowest BCUT2D eigenvalue weighted by Crippen LogP contribution is -2.30. The van der Waals surface area contributed by atoms with Gasteiger partial charge in [0.2, 0.25) is 5.91 Å². The number of amides is 1. The highest BCUT2D eigenvalue weighted by molar-refractivity contribution is 9.10. The average molecular weight is 330 g/mol. The van der Waals surface area contributed by atoms with Gasteiger partial charge >= 0.3 is 0 Å². The Balaban J connectivity index is 1.78. The number of hydrogen-bond acceptors (Lipinski definition) is 1.